The lowest BCUT2D eigenvalue weighted by molar-refractivity contribution is -0.113. The van der Waals surface area contributed by atoms with Crippen molar-refractivity contribution in [1.82, 2.24) is 14.8 Å². The number of rotatable bonds is 8. The van der Waals surface area contributed by atoms with Crippen molar-refractivity contribution in [3.8, 4) is 5.75 Å². The molecule has 0 saturated heterocycles. The average molecular weight is 491 g/mol. The molecule has 0 bridgehead atoms. The van der Waals surface area contributed by atoms with Crippen molar-refractivity contribution in [2.75, 3.05) is 18.2 Å². The number of ether oxygens (including phenoxy) is 2. The van der Waals surface area contributed by atoms with Crippen LogP contribution < -0.4 is 10.1 Å². The molecule has 1 N–H and O–H groups in total. The SMILES string of the molecule is COC(=O)c1c(NC(=O)CSc2nnc(COc3ccc(F)cc3)n2C)sc2c1CCCC2. The number of aryl methyl sites for hydroxylation is 1. The zero-order valence-electron chi connectivity index (χ0n) is 18.2. The summed E-state index contributed by atoms with van der Waals surface area (Å²) in [5.74, 6) is 0.203. The van der Waals surface area contributed by atoms with Gasteiger partial charge in [-0.3, -0.25) is 4.79 Å². The third-order valence-electron chi connectivity index (χ3n) is 5.25. The van der Waals surface area contributed by atoms with Crippen LogP contribution >= 0.6 is 23.1 Å². The van der Waals surface area contributed by atoms with Crippen molar-refractivity contribution in [3.05, 3.63) is 51.9 Å². The molecule has 0 aliphatic heterocycles. The number of nitrogens with zero attached hydrogens (tertiary/aromatic N) is 3. The lowest BCUT2D eigenvalue weighted by Gasteiger charge is -2.11. The maximum atomic E-state index is 13.0. The molecule has 8 nitrogen and oxygen atoms in total. The summed E-state index contributed by atoms with van der Waals surface area (Å²) in [7, 11) is 3.13. The van der Waals surface area contributed by atoms with Crippen LogP contribution in [0.4, 0.5) is 9.39 Å². The fourth-order valence-corrected chi connectivity index (χ4v) is 5.56. The standard InChI is InChI=1S/C22H23FN4O4S2/c1-27-17(11-31-14-9-7-13(23)8-10-14)25-26-22(27)32-12-18(28)24-20-19(21(29)30-2)15-5-3-4-6-16(15)33-20/h7-10H,3-6,11-12H2,1-2H3,(H,24,28). The predicted octanol–water partition coefficient (Wildman–Crippen LogP) is 3.99. The molecule has 0 fully saturated rings. The Labute approximate surface area is 198 Å². The van der Waals surface area contributed by atoms with Crippen molar-refractivity contribution in [2.24, 2.45) is 7.05 Å². The van der Waals surface area contributed by atoms with Gasteiger partial charge >= 0.3 is 5.97 Å². The Kier molecular flexibility index (Phi) is 7.29. The second-order valence-corrected chi connectivity index (χ2v) is 9.49. The first kappa shape index (κ1) is 23.2. The molecule has 4 rings (SSSR count). The van der Waals surface area contributed by atoms with Crippen molar-refractivity contribution >= 4 is 40.0 Å². The molecule has 1 amide bonds. The average Bonchev–Trinajstić information content (AvgIpc) is 3.36. The molecule has 0 unspecified atom stereocenters. The van der Waals surface area contributed by atoms with Crippen LogP contribution in [0.3, 0.4) is 0 Å². The van der Waals surface area contributed by atoms with Gasteiger partial charge in [0, 0.05) is 11.9 Å². The minimum absolute atomic E-state index is 0.105. The number of methoxy groups -OCH3 is 1. The van der Waals surface area contributed by atoms with E-state index in [9.17, 15) is 14.0 Å². The highest BCUT2D eigenvalue weighted by Crippen LogP contribution is 2.38. The number of halogens is 1. The summed E-state index contributed by atoms with van der Waals surface area (Å²) in [6, 6.07) is 5.72. The Balaban J connectivity index is 1.36. The fourth-order valence-electron chi connectivity index (χ4n) is 3.54. The second kappa shape index (κ2) is 10.3. The Bertz CT molecular complexity index is 1160. The van der Waals surface area contributed by atoms with Crippen molar-refractivity contribution in [2.45, 2.75) is 37.4 Å². The number of hydrogen-bond donors (Lipinski definition) is 1. The summed E-state index contributed by atoms with van der Waals surface area (Å²) in [5, 5.41) is 12.2. The number of nitrogens with one attached hydrogen (secondary N) is 1. The van der Waals surface area contributed by atoms with Gasteiger partial charge in [0.2, 0.25) is 5.91 Å². The van der Waals surface area contributed by atoms with Crippen molar-refractivity contribution in [1.29, 1.82) is 0 Å². The van der Waals surface area contributed by atoms with Crippen molar-refractivity contribution in [3.63, 3.8) is 0 Å². The molecule has 2 aromatic heterocycles. The normalized spacial score (nSPS) is 12.8. The number of thioether (sulfide) groups is 1. The molecule has 2 heterocycles. The van der Waals surface area contributed by atoms with Gasteiger partial charge in [-0.25, -0.2) is 9.18 Å². The van der Waals surface area contributed by atoms with Crippen LogP contribution in [0.1, 0.15) is 39.5 Å². The summed E-state index contributed by atoms with van der Waals surface area (Å²) in [5.41, 5.74) is 1.48. The molecule has 1 aliphatic rings. The molecule has 1 aliphatic carbocycles. The molecule has 0 spiro atoms. The van der Waals surface area contributed by atoms with E-state index in [-0.39, 0.29) is 24.1 Å². The van der Waals surface area contributed by atoms with Gasteiger partial charge in [0.05, 0.1) is 18.4 Å². The predicted molar refractivity (Wildman–Crippen MR) is 123 cm³/mol. The summed E-state index contributed by atoms with van der Waals surface area (Å²) in [4.78, 5) is 26.1. The van der Waals surface area contributed by atoms with E-state index in [4.69, 9.17) is 9.47 Å². The van der Waals surface area contributed by atoms with E-state index >= 15 is 0 Å². The van der Waals surface area contributed by atoms with Crippen LogP contribution in [0.25, 0.3) is 0 Å². The van der Waals surface area contributed by atoms with E-state index in [2.05, 4.69) is 15.5 Å². The number of hydrogen-bond acceptors (Lipinski definition) is 8. The van der Waals surface area contributed by atoms with Gasteiger partial charge in [-0.2, -0.15) is 0 Å². The zero-order chi connectivity index (χ0) is 23.4. The van der Waals surface area contributed by atoms with Gasteiger partial charge in [0.1, 0.15) is 23.2 Å². The van der Waals surface area contributed by atoms with E-state index in [1.807, 2.05) is 0 Å². The highest BCUT2D eigenvalue weighted by atomic mass is 32.2. The molecule has 174 valence electrons. The highest BCUT2D eigenvalue weighted by molar-refractivity contribution is 7.99. The molecule has 33 heavy (non-hydrogen) atoms. The Morgan fingerprint density at radius 3 is 2.73 bits per heavy atom. The second-order valence-electron chi connectivity index (χ2n) is 7.44. The van der Waals surface area contributed by atoms with Gasteiger partial charge in [-0.15, -0.1) is 21.5 Å². The fraction of sp³-hybridized carbons (Fsp3) is 0.364. The first-order valence-electron chi connectivity index (χ1n) is 10.4. The third kappa shape index (κ3) is 5.36. The molecular formula is C22H23FN4O4S2. The molecule has 0 saturated carbocycles. The number of anilines is 1. The number of carbonyl (C=O) groups excluding carboxylic acids is 2. The number of carbonyl (C=O) groups is 2. The van der Waals surface area contributed by atoms with Crippen molar-refractivity contribution < 1.29 is 23.5 Å². The third-order valence-corrected chi connectivity index (χ3v) is 7.48. The topological polar surface area (TPSA) is 95.3 Å². The highest BCUT2D eigenvalue weighted by Gasteiger charge is 2.27. The smallest absolute Gasteiger partial charge is 0.341 e. The first-order valence-corrected chi connectivity index (χ1v) is 12.2. The van der Waals surface area contributed by atoms with Gasteiger partial charge in [-0.1, -0.05) is 11.8 Å². The Hall–Kier alpha value is -2.92. The van der Waals surface area contributed by atoms with Gasteiger partial charge in [-0.05, 0) is 55.5 Å². The lowest BCUT2D eigenvalue weighted by atomic mass is 9.95. The number of esters is 1. The molecule has 1 aromatic carbocycles. The van der Waals surface area contributed by atoms with Gasteiger partial charge < -0.3 is 19.4 Å². The summed E-state index contributed by atoms with van der Waals surface area (Å²) in [6.45, 7) is 0.158. The van der Waals surface area contributed by atoms with Crippen LogP contribution in [-0.4, -0.2) is 39.5 Å². The van der Waals surface area contributed by atoms with Gasteiger partial charge in [0.25, 0.3) is 0 Å². The number of fused-ring (bicyclic) bond motifs is 1. The van der Waals surface area contributed by atoms with Crippen LogP contribution in [-0.2, 0) is 36.0 Å². The summed E-state index contributed by atoms with van der Waals surface area (Å²) < 4.78 is 25.3. The molecule has 3 aromatic rings. The van der Waals surface area contributed by atoms with E-state index in [0.717, 1.165) is 36.1 Å². The van der Waals surface area contributed by atoms with Crippen LogP contribution in [0.2, 0.25) is 0 Å². The summed E-state index contributed by atoms with van der Waals surface area (Å²) in [6.07, 6.45) is 3.84. The zero-order valence-corrected chi connectivity index (χ0v) is 19.9. The van der Waals surface area contributed by atoms with Gasteiger partial charge in [0.15, 0.2) is 11.0 Å². The first-order chi connectivity index (χ1) is 16.0. The van der Waals surface area contributed by atoms with E-state index < -0.39 is 5.97 Å². The number of benzene rings is 1. The molecule has 0 radical (unpaired) electrons. The Morgan fingerprint density at radius 1 is 1.21 bits per heavy atom. The Morgan fingerprint density at radius 2 is 1.97 bits per heavy atom. The minimum Gasteiger partial charge on any atom is -0.486 e. The minimum atomic E-state index is -0.420. The molecule has 11 heteroatoms. The van der Waals surface area contributed by atoms with E-state index in [0.29, 0.717) is 27.3 Å². The van der Waals surface area contributed by atoms with Crippen LogP contribution in [0.5, 0.6) is 5.75 Å². The van der Waals surface area contributed by atoms with E-state index in [1.165, 1.54) is 54.5 Å². The largest absolute Gasteiger partial charge is 0.486 e. The molecular weight excluding hydrogens is 467 g/mol. The summed E-state index contributed by atoms with van der Waals surface area (Å²) >= 11 is 2.69. The maximum Gasteiger partial charge on any atom is 0.341 e. The number of amides is 1. The molecule has 0 atom stereocenters. The van der Waals surface area contributed by atoms with Crippen LogP contribution in [0, 0.1) is 5.82 Å². The number of aromatic nitrogens is 3. The quantitative estimate of drug-likeness (QED) is 0.377. The maximum absolute atomic E-state index is 13.0. The monoisotopic (exact) mass is 490 g/mol. The van der Waals surface area contributed by atoms with Crippen LogP contribution in [0.15, 0.2) is 29.4 Å². The number of thiophene rings is 1. The lowest BCUT2D eigenvalue weighted by Crippen LogP contribution is -2.17. The van der Waals surface area contributed by atoms with E-state index in [1.54, 1.807) is 11.6 Å².